The van der Waals surface area contributed by atoms with Crippen molar-refractivity contribution in [3.63, 3.8) is 0 Å². The summed E-state index contributed by atoms with van der Waals surface area (Å²) >= 11 is 0. The van der Waals surface area contributed by atoms with E-state index in [2.05, 4.69) is 0 Å². The van der Waals surface area contributed by atoms with Gasteiger partial charge in [0.15, 0.2) is 0 Å². The molecule has 30 heavy (non-hydrogen) atoms. The molecule has 1 aromatic heterocycles. The molecule has 0 aliphatic carbocycles. The summed E-state index contributed by atoms with van der Waals surface area (Å²) in [6, 6.07) is 19.7. The van der Waals surface area contributed by atoms with Crippen molar-refractivity contribution in [1.82, 2.24) is 4.57 Å². The van der Waals surface area contributed by atoms with Crippen LogP contribution in [0.4, 0.5) is 4.39 Å². The Hall–Kier alpha value is -3.93. The highest BCUT2D eigenvalue weighted by molar-refractivity contribution is 5.87. The molecule has 1 N–H and O–H groups in total. The highest BCUT2D eigenvalue weighted by Crippen LogP contribution is 2.20. The number of hydrogen-bond acceptors (Lipinski definition) is 3. The van der Waals surface area contributed by atoms with E-state index < -0.39 is 5.97 Å². The van der Waals surface area contributed by atoms with Gasteiger partial charge in [-0.05, 0) is 65.0 Å². The zero-order chi connectivity index (χ0) is 21.1. The number of carboxylic acids is 1. The Morgan fingerprint density at radius 1 is 0.967 bits per heavy atom. The number of hydrogen-bond donors (Lipinski definition) is 1. The fourth-order valence-electron chi connectivity index (χ4n) is 3.23. The maximum absolute atomic E-state index is 13.0. The second kappa shape index (κ2) is 8.21. The van der Waals surface area contributed by atoms with Crippen molar-refractivity contribution < 1.29 is 19.0 Å². The Morgan fingerprint density at radius 2 is 1.77 bits per heavy atom. The average Bonchev–Trinajstić information content (AvgIpc) is 2.75. The van der Waals surface area contributed by atoms with Crippen molar-refractivity contribution >= 4 is 16.7 Å². The number of carbonyl (C=O) groups is 1. The first-order valence-electron chi connectivity index (χ1n) is 9.32. The normalized spacial score (nSPS) is 10.8. The zero-order valence-corrected chi connectivity index (χ0v) is 15.9. The Kier molecular flexibility index (Phi) is 5.30. The topological polar surface area (TPSA) is 68.5 Å². The minimum atomic E-state index is -1.00. The molecule has 0 bridgehead atoms. The van der Waals surface area contributed by atoms with E-state index in [1.807, 2.05) is 6.07 Å². The highest BCUT2D eigenvalue weighted by Gasteiger charge is 2.08. The van der Waals surface area contributed by atoms with Crippen LogP contribution in [0.1, 0.15) is 21.5 Å². The van der Waals surface area contributed by atoms with E-state index >= 15 is 0 Å². The predicted molar refractivity (Wildman–Crippen MR) is 111 cm³/mol. The van der Waals surface area contributed by atoms with Gasteiger partial charge in [-0.2, -0.15) is 0 Å². The van der Waals surface area contributed by atoms with Crippen LogP contribution < -0.4 is 10.3 Å². The number of aromatic carboxylic acids is 1. The zero-order valence-electron chi connectivity index (χ0n) is 15.9. The van der Waals surface area contributed by atoms with Crippen LogP contribution in [0.25, 0.3) is 10.8 Å². The summed E-state index contributed by atoms with van der Waals surface area (Å²) in [5.74, 6) is -0.690. The second-order valence-electron chi connectivity index (χ2n) is 6.92. The summed E-state index contributed by atoms with van der Waals surface area (Å²) < 4.78 is 20.3. The molecule has 6 heteroatoms. The molecule has 1 heterocycles. The maximum atomic E-state index is 13.0. The average molecular weight is 403 g/mol. The van der Waals surface area contributed by atoms with Crippen LogP contribution in [0.2, 0.25) is 0 Å². The molecule has 0 atom stereocenters. The van der Waals surface area contributed by atoms with Crippen molar-refractivity contribution in [2.75, 3.05) is 0 Å². The van der Waals surface area contributed by atoms with Crippen molar-refractivity contribution in [2.45, 2.75) is 13.2 Å². The van der Waals surface area contributed by atoms with Crippen molar-refractivity contribution in [3.05, 3.63) is 112 Å². The van der Waals surface area contributed by atoms with Gasteiger partial charge in [0.1, 0.15) is 18.2 Å². The summed E-state index contributed by atoms with van der Waals surface area (Å²) in [4.78, 5) is 24.0. The molecular formula is C24H18FNO4. The third kappa shape index (κ3) is 4.22. The van der Waals surface area contributed by atoms with E-state index in [1.165, 1.54) is 18.2 Å². The van der Waals surface area contributed by atoms with Crippen LogP contribution in [-0.4, -0.2) is 15.6 Å². The first-order chi connectivity index (χ1) is 14.5. The number of rotatable bonds is 6. The Bertz CT molecular complexity index is 1280. The molecule has 0 aliphatic rings. The molecule has 150 valence electrons. The molecule has 0 amide bonds. The summed E-state index contributed by atoms with van der Waals surface area (Å²) in [6.07, 6.45) is 1.68. The van der Waals surface area contributed by atoms with Crippen LogP contribution in [-0.2, 0) is 13.2 Å². The molecule has 5 nitrogen and oxygen atoms in total. The van der Waals surface area contributed by atoms with Crippen molar-refractivity contribution in [1.29, 1.82) is 0 Å². The highest BCUT2D eigenvalue weighted by atomic mass is 19.1. The number of pyridine rings is 1. The molecule has 4 aromatic rings. The van der Waals surface area contributed by atoms with Gasteiger partial charge in [-0.25, -0.2) is 9.18 Å². The minimum Gasteiger partial charge on any atom is -0.489 e. The van der Waals surface area contributed by atoms with Gasteiger partial charge in [-0.15, -0.1) is 0 Å². The first kappa shape index (κ1) is 19.4. The lowest BCUT2D eigenvalue weighted by molar-refractivity contribution is 0.0696. The van der Waals surface area contributed by atoms with E-state index in [-0.39, 0.29) is 23.5 Å². The molecule has 3 aromatic carbocycles. The number of ether oxygens (including phenoxy) is 1. The number of nitrogens with zero attached hydrogens (tertiary/aromatic N) is 1. The Morgan fingerprint density at radius 3 is 2.53 bits per heavy atom. The van der Waals surface area contributed by atoms with Crippen molar-refractivity contribution in [2.24, 2.45) is 0 Å². The molecule has 0 saturated heterocycles. The standard InChI is InChI=1S/C24H18FNO4/c25-20-6-4-16(5-7-20)15-30-21-8-9-22-18(13-21)10-11-26(23(22)27)14-17-2-1-3-19(12-17)24(28)29/h1-13H,14-15H2,(H,28,29). The summed E-state index contributed by atoms with van der Waals surface area (Å²) in [5.41, 5.74) is 1.59. The van der Waals surface area contributed by atoms with E-state index in [0.29, 0.717) is 17.7 Å². The van der Waals surface area contributed by atoms with E-state index in [0.717, 1.165) is 16.5 Å². The van der Waals surface area contributed by atoms with Gasteiger partial charge in [-0.3, -0.25) is 4.79 Å². The summed E-state index contributed by atoms with van der Waals surface area (Å²) in [6.45, 7) is 0.571. The van der Waals surface area contributed by atoms with Gasteiger partial charge in [-0.1, -0.05) is 24.3 Å². The number of fused-ring (bicyclic) bond motifs is 1. The van der Waals surface area contributed by atoms with Crippen LogP contribution in [0, 0.1) is 5.82 Å². The fourth-order valence-corrected chi connectivity index (χ4v) is 3.23. The minimum absolute atomic E-state index is 0.168. The fraction of sp³-hybridized carbons (Fsp3) is 0.0833. The summed E-state index contributed by atoms with van der Waals surface area (Å²) in [5, 5.41) is 10.4. The van der Waals surface area contributed by atoms with Crippen LogP contribution >= 0.6 is 0 Å². The maximum Gasteiger partial charge on any atom is 0.335 e. The van der Waals surface area contributed by atoms with Gasteiger partial charge in [0.25, 0.3) is 5.56 Å². The van der Waals surface area contributed by atoms with E-state index in [4.69, 9.17) is 9.84 Å². The molecule has 0 spiro atoms. The number of carboxylic acid groups (broad SMARTS) is 1. The monoisotopic (exact) mass is 403 g/mol. The van der Waals surface area contributed by atoms with Gasteiger partial charge >= 0.3 is 5.97 Å². The lowest BCUT2D eigenvalue weighted by Crippen LogP contribution is -2.20. The van der Waals surface area contributed by atoms with Crippen LogP contribution in [0.5, 0.6) is 5.75 Å². The third-order valence-corrected chi connectivity index (χ3v) is 4.79. The van der Waals surface area contributed by atoms with E-state index in [9.17, 15) is 14.0 Å². The van der Waals surface area contributed by atoms with Crippen molar-refractivity contribution in [3.8, 4) is 5.75 Å². The largest absolute Gasteiger partial charge is 0.489 e. The first-order valence-corrected chi connectivity index (χ1v) is 9.32. The third-order valence-electron chi connectivity index (χ3n) is 4.79. The molecular weight excluding hydrogens is 385 g/mol. The predicted octanol–water partition coefficient (Wildman–Crippen LogP) is 4.47. The van der Waals surface area contributed by atoms with Gasteiger partial charge < -0.3 is 14.4 Å². The molecule has 0 unspecified atom stereocenters. The molecule has 0 fully saturated rings. The van der Waals surface area contributed by atoms with E-state index in [1.54, 1.807) is 59.3 Å². The van der Waals surface area contributed by atoms with Crippen LogP contribution in [0.3, 0.4) is 0 Å². The Balaban J connectivity index is 1.55. The number of benzene rings is 3. The molecule has 0 radical (unpaired) electrons. The molecule has 4 rings (SSSR count). The molecule has 0 saturated carbocycles. The lowest BCUT2D eigenvalue weighted by atomic mass is 10.1. The molecule has 0 aliphatic heterocycles. The van der Waals surface area contributed by atoms with Crippen LogP contribution in [0.15, 0.2) is 83.8 Å². The van der Waals surface area contributed by atoms with Gasteiger partial charge in [0.05, 0.1) is 12.1 Å². The van der Waals surface area contributed by atoms with Gasteiger partial charge in [0, 0.05) is 11.6 Å². The number of halogens is 1. The quantitative estimate of drug-likeness (QED) is 0.516. The van der Waals surface area contributed by atoms with Gasteiger partial charge in [0.2, 0.25) is 0 Å². The lowest BCUT2D eigenvalue weighted by Gasteiger charge is -2.10. The smallest absolute Gasteiger partial charge is 0.335 e. The number of aromatic nitrogens is 1. The Labute approximate surface area is 171 Å². The SMILES string of the molecule is O=C(O)c1cccc(Cn2ccc3cc(OCc4ccc(F)cc4)ccc3c2=O)c1. The summed E-state index contributed by atoms with van der Waals surface area (Å²) in [7, 11) is 0. The second-order valence-corrected chi connectivity index (χ2v) is 6.92.